The summed E-state index contributed by atoms with van der Waals surface area (Å²) in [5, 5.41) is 9.89. The van der Waals surface area contributed by atoms with Crippen LogP contribution in [-0.2, 0) is 11.2 Å². The first-order valence-corrected chi connectivity index (χ1v) is 6.19. The van der Waals surface area contributed by atoms with Gasteiger partial charge < -0.3 is 15.0 Å². The zero-order valence-corrected chi connectivity index (χ0v) is 10.8. The zero-order valence-electron chi connectivity index (χ0n) is 10.8. The van der Waals surface area contributed by atoms with Crippen molar-refractivity contribution in [2.24, 2.45) is 0 Å². The fourth-order valence-electron chi connectivity index (χ4n) is 1.85. The van der Waals surface area contributed by atoms with E-state index in [2.05, 4.69) is 20.5 Å². The monoisotopic (exact) mass is 253 g/mol. The molecule has 1 aliphatic rings. The molecule has 2 rings (SSSR count). The number of morpholine rings is 1. The van der Waals surface area contributed by atoms with Crippen LogP contribution in [0.15, 0.2) is 0 Å². The number of likely N-dealkylation sites (N-methyl/N-ethyl adjacent to an activating group) is 1. The Kier molecular flexibility index (Phi) is 4.27. The summed E-state index contributed by atoms with van der Waals surface area (Å²) in [6.45, 7) is 4.83. The standard InChI is InChI=1S/C11H19N5O2/c1-3-9-13-10(15-14-9)11(17)16(2)7-8-6-12-4-5-18-8/h8,12H,3-7H2,1-2H3,(H,13,14,15). The van der Waals surface area contributed by atoms with Crippen LogP contribution in [0.2, 0.25) is 0 Å². The van der Waals surface area contributed by atoms with Gasteiger partial charge in [0.1, 0.15) is 5.82 Å². The van der Waals surface area contributed by atoms with E-state index >= 15 is 0 Å². The van der Waals surface area contributed by atoms with Gasteiger partial charge in [0.25, 0.3) is 5.91 Å². The Bertz CT molecular complexity index is 400. The Balaban J connectivity index is 1.91. The summed E-state index contributed by atoms with van der Waals surface area (Å²) in [6.07, 6.45) is 0.775. The fourth-order valence-corrected chi connectivity index (χ4v) is 1.85. The lowest BCUT2D eigenvalue weighted by Gasteiger charge is -2.27. The van der Waals surface area contributed by atoms with Crippen LogP contribution in [-0.4, -0.2) is 65.4 Å². The minimum absolute atomic E-state index is 0.0392. The van der Waals surface area contributed by atoms with Crippen LogP contribution < -0.4 is 5.32 Å². The number of ether oxygens (including phenoxy) is 1. The van der Waals surface area contributed by atoms with Gasteiger partial charge in [0, 0.05) is 33.1 Å². The molecule has 0 radical (unpaired) electrons. The number of amides is 1. The minimum atomic E-state index is -0.180. The van der Waals surface area contributed by atoms with E-state index in [1.165, 1.54) is 0 Å². The number of carbonyl (C=O) groups excluding carboxylic acids is 1. The highest BCUT2D eigenvalue weighted by atomic mass is 16.5. The van der Waals surface area contributed by atoms with Crippen LogP contribution >= 0.6 is 0 Å². The van der Waals surface area contributed by atoms with E-state index in [4.69, 9.17) is 4.74 Å². The molecule has 1 atom stereocenters. The summed E-state index contributed by atoms with van der Waals surface area (Å²) in [5.41, 5.74) is 0. The van der Waals surface area contributed by atoms with Crippen molar-refractivity contribution in [2.45, 2.75) is 19.4 Å². The molecule has 0 aromatic carbocycles. The molecule has 1 amide bonds. The van der Waals surface area contributed by atoms with E-state index in [0.29, 0.717) is 13.2 Å². The van der Waals surface area contributed by atoms with E-state index in [1.54, 1.807) is 11.9 Å². The second-order valence-corrected chi connectivity index (χ2v) is 4.34. The molecule has 0 saturated carbocycles. The van der Waals surface area contributed by atoms with Crippen molar-refractivity contribution in [3.63, 3.8) is 0 Å². The van der Waals surface area contributed by atoms with Crippen molar-refractivity contribution < 1.29 is 9.53 Å². The normalized spacial score (nSPS) is 19.8. The van der Waals surface area contributed by atoms with Crippen molar-refractivity contribution in [3.05, 3.63) is 11.6 Å². The summed E-state index contributed by atoms with van der Waals surface area (Å²) >= 11 is 0. The molecule has 100 valence electrons. The SMILES string of the molecule is CCc1nc(C(=O)N(C)CC2CNCCO2)n[nH]1. The van der Waals surface area contributed by atoms with Crippen molar-refractivity contribution in [2.75, 3.05) is 33.3 Å². The highest BCUT2D eigenvalue weighted by Crippen LogP contribution is 2.03. The molecule has 1 saturated heterocycles. The topological polar surface area (TPSA) is 83.1 Å². The largest absolute Gasteiger partial charge is 0.374 e. The lowest BCUT2D eigenvalue weighted by molar-refractivity contribution is 0.0101. The van der Waals surface area contributed by atoms with Crippen LogP contribution in [0.3, 0.4) is 0 Å². The number of nitrogens with one attached hydrogen (secondary N) is 2. The molecule has 1 aliphatic heterocycles. The van der Waals surface area contributed by atoms with Gasteiger partial charge in [-0.05, 0) is 0 Å². The molecular formula is C11H19N5O2. The molecule has 1 unspecified atom stereocenters. The number of carbonyl (C=O) groups is 1. The molecule has 0 spiro atoms. The Morgan fingerprint density at radius 2 is 2.44 bits per heavy atom. The number of hydrogen-bond donors (Lipinski definition) is 2. The molecule has 1 aromatic rings. The highest BCUT2D eigenvalue weighted by Gasteiger charge is 2.21. The molecule has 18 heavy (non-hydrogen) atoms. The lowest BCUT2D eigenvalue weighted by atomic mass is 10.3. The zero-order chi connectivity index (χ0) is 13.0. The third-order valence-electron chi connectivity index (χ3n) is 2.89. The van der Waals surface area contributed by atoms with Gasteiger partial charge in [-0.25, -0.2) is 4.98 Å². The summed E-state index contributed by atoms with van der Waals surface area (Å²) in [7, 11) is 1.74. The number of rotatable bonds is 4. The van der Waals surface area contributed by atoms with Gasteiger partial charge in [-0.3, -0.25) is 9.89 Å². The molecular weight excluding hydrogens is 234 g/mol. The average molecular weight is 253 g/mol. The quantitative estimate of drug-likeness (QED) is 0.750. The van der Waals surface area contributed by atoms with Gasteiger partial charge in [-0.2, -0.15) is 0 Å². The number of aromatic amines is 1. The second-order valence-electron chi connectivity index (χ2n) is 4.34. The van der Waals surface area contributed by atoms with Crippen molar-refractivity contribution in [1.29, 1.82) is 0 Å². The average Bonchev–Trinajstić information content (AvgIpc) is 2.87. The van der Waals surface area contributed by atoms with E-state index in [-0.39, 0.29) is 17.8 Å². The van der Waals surface area contributed by atoms with Gasteiger partial charge in [0.05, 0.1) is 12.7 Å². The van der Waals surface area contributed by atoms with Crippen LogP contribution in [0.4, 0.5) is 0 Å². The smallest absolute Gasteiger partial charge is 0.293 e. The summed E-state index contributed by atoms with van der Waals surface area (Å²) in [5.74, 6) is 0.764. The van der Waals surface area contributed by atoms with Gasteiger partial charge in [-0.1, -0.05) is 6.92 Å². The third kappa shape index (κ3) is 3.05. The maximum Gasteiger partial charge on any atom is 0.293 e. The van der Waals surface area contributed by atoms with Crippen LogP contribution in [0, 0.1) is 0 Å². The van der Waals surface area contributed by atoms with E-state index < -0.39 is 0 Å². The maximum atomic E-state index is 12.1. The first-order valence-electron chi connectivity index (χ1n) is 6.19. The van der Waals surface area contributed by atoms with Crippen LogP contribution in [0.1, 0.15) is 23.4 Å². The Hall–Kier alpha value is -1.47. The van der Waals surface area contributed by atoms with E-state index in [0.717, 1.165) is 25.3 Å². The van der Waals surface area contributed by atoms with Crippen molar-refractivity contribution in [1.82, 2.24) is 25.4 Å². The molecule has 2 N–H and O–H groups in total. The Morgan fingerprint density at radius 1 is 1.61 bits per heavy atom. The minimum Gasteiger partial charge on any atom is -0.374 e. The van der Waals surface area contributed by atoms with Gasteiger partial charge in [0.15, 0.2) is 0 Å². The molecule has 1 aromatic heterocycles. The molecule has 7 heteroatoms. The first kappa shape index (κ1) is 13.0. The summed E-state index contributed by atoms with van der Waals surface area (Å²) in [4.78, 5) is 17.8. The first-order chi connectivity index (χ1) is 8.70. The lowest BCUT2D eigenvalue weighted by Crippen LogP contribution is -2.45. The van der Waals surface area contributed by atoms with Gasteiger partial charge in [-0.15, -0.1) is 5.10 Å². The molecule has 1 fully saturated rings. The third-order valence-corrected chi connectivity index (χ3v) is 2.89. The van der Waals surface area contributed by atoms with Gasteiger partial charge >= 0.3 is 0 Å². The van der Waals surface area contributed by atoms with Crippen molar-refractivity contribution in [3.8, 4) is 0 Å². The Morgan fingerprint density at radius 3 is 3.06 bits per heavy atom. The predicted octanol–water partition coefficient (Wildman–Crippen LogP) is -0.572. The summed E-state index contributed by atoms with van der Waals surface area (Å²) < 4.78 is 5.56. The molecule has 0 bridgehead atoms. The van der Waals surface area contributed by atoms with Crippen LogP contribution in [0.25, 0.3) is 0 Å². The predicted molar refractivity (Wildman–Crippen MR) is 65.3 cm³/mol. The molecule has 7 nitrogen and oxygen atoms in total. The van der Waals surface area contributed by atoms with Crippen LogP contribution in [0.5, 0.6) is 0 Å². The number of aryl methyl sites for hydroxylation is 1. The maximum absolute atomic E-state index is 12.1. The van der Waals surface area contributed by atoms with E-state index in [9.17, 15) is 4.79 Å². The number of aromatic nitrogens is 3. The van der Waals surface area contributed by atoms with Gasteiger partial charge in [0.2, 0.25) is 5.82 Å². The van der Waals surface area contributed by atoms with E-state index in [1.807, 2.05) is 6.92 Å². The number of nitrogens with zero attached hydrogens (tertiary/aromatic N) is 3. The number of H-pyrrole nitrogens is 1. The molecule has 2 heterocycles. The highest BCUT2D eigenvalue weighted by molar-refractivity contribution is 5.90. The molecule has 0 aliphatic carbocycles. The number of hydrogen-bond acceptors (Lipinski definition) is 5. The van der Waals surface area contributed by atoms with Crippen molar-refractivity contribution >= 4 is 5.91 Å². The fraction of sp³-hybridized carbons (Fsp3) is 0.727. The second kappa shape index (κ2) is 5.92. The Labute approximate surface area is 106 Å². The summed E-state index contributed by atoms with van der Waals surface area (Å²) in [6, 6.07) is 0.